The molecular weight excluding hydrogens is 394 g/mol. The largest absolute Gasteiger partial charge is 0.489 e. The van der Waals surface area contributed by atoms with Crippen LogP contribution in [0.25, 0.3) is 0 Å². The van der Waals surface area contributed by atoms with Crippen molar-refractivity contribution in [3.05, 3.63) is 24.0 Å². The van der Waals surface area contributed by atoms with E-state index in [2.05, 4.69) is 11.1 Å². The first kappa shape index (κ1) is 21.9. The molecule has 31 heavy (non-hydrogen) atoms. The average molecular weight is 428 g/mol. The first-order chi connectivity index (χ1) is 14.8. The molecule has 1 aromatic rings. The van der Waals surface area contributed by atoms with E-state index < -0.39 is 5.60 Å². The van der Waals surface area contributed by atoms with Gasteiger partial charge in [-0.1, -0.05) is 0 Å². The molecule has 4 rings (SSSR count). The number of carbonyl (C=O) groups excluding carboxylic acids is 1. The first-order valence-corrected chi connectivity index (χ1v) is 11.5. The minimum Gasteiger partial charge on any atom is -0.489 e. The summed E-state index contributed by atoms with van der Waals surface area (Å²) in [7, 11) is 0. The molecular formula is C24H33N3O4. The fourth-order valence-electron chi connectivity index (χ4n) is 5.16. The van der Waals surface area contributed by atoms with Crippen LogP contribution in [0.2, 0.25) is 0 Å². The SMILES string of the molecule is CC(C)(C)OC(=O)N1[C@@H]2CC[C@@H]1CC(OC1CCC(Oc3ccncc3C#N)CC1)C2. The van der Waals surface area contributed by atoms with Crippen molar-refractivity contribution in [3.63, 3.8) is 0 Å². The van der Waals surface area contributed by atoms with Crippen LogP contribution in [-0.2, 0) is 9.47 Å². The molecule has 3 aliphatic rings. The van der Waals surface area contributed by atoms with E-state index in [9.17, 15) is 10.1 Å². The molecule has 2 bridgehead atoms. The number of rotatable bonds is 4. The van der Waals surface area contributed by atoms with Crippen LogP contribution in [0.4, 0.5) is 4.79 Å². The van der Waals surface area contributed by atoms with Crippen LogP contribution in [-0.4, -0.2) is 52.0 Å². The fourth-order valence-corrected chi connectivity index (χ4v) is 5.16. The minimum atomic E-state index is -0.463. The van der Waals surface area contributed by atoms with Crippen molar-refractivity contribution in [2.24, 2.45) is 0 Å². The highest BCUT2D eigenvalue weighted by Gasteiger charge is 2.45. The van der Waals surface area contributed by atoms with Crippen LogP contribution in [0.15, 0.2) is 18.5 Å². The molecule has 3 heterocycles. The number of hydrogen-bond acceptors (Lipinski definition) is 6. The summed E-state index contributed by atoms with van der Waals surface area (Å²) in [6, 6.07) is 4.36. The first-order valence-electron chi connectivity index (χ1n) is 11.5. The molecule has 0 unspecified atom stereocenters. The lowest BCUT2D eigenvalue weighted by atomic mass is 9.93. The molecule has 0 aromatic carbocycles. The van der Waals surface area contributed by atoms with Gasteiger partial charge in [-0.15, -0.1) is 0 Å². The predicted octanol–water partition coefficient (Wildman–Crippen LogP) is 4.59. The van der Waals surface area contributed by atoms with Crippen molar-refractivity contribution >= 4 is 6.09 Å². The van der Waals surface area contributed by atoms with Crippen LogP contribution >= 0.6 is 0 Å². The summed E-state index contributed by atoms with van der Waals surface area (Å²) in [5, 5.41) is 9.21. The van der Waals surface area contributed by atoms with Gasteiger partial charge in [0.1, 0.15) is 23.0 Å². The van der Waals surface area contributed by atoms with E-state index in [-0.39, 0.29) is 36.5 Å². The highest BCUT2D eigenvalue weighted by atomic mass is 16.6. The van der Waals surface area contributed by atoms with Gasteiger partial charge in [0.2, 0.25) is 0 Å². The van der Waals surface area contributed by atoms with E-state index in [0.29, 0.717) is 11.3 Å². The number of ether oxygens (including phenoxy) is 3. The van der Waals surface area contributed by atoms with E-state index in [1.807, 2.05) is 25.7 Å². The number of pyridine rings is 1. The Morgan fingerprint density at radius 3 is 2.32 bits per heavy atom. The zero-order chi connectivity index (χ0) is 22.0. The van der Waals surface area contributed by atoms with Gasteiger partial charge in [0.05, 0.1) is 18.3 Å². The number of hydrogen-bond donors (Lipinski definition) is 0. The zero-order valence-corrected chi connectivity index (χ0v) is 18.8. The Bertz CT molecular complexity index is 809. The van der Waals surface area contributed by atoms with Gasteiger partial charge in [-0.25, -0.2) is 4.79 Å². The summed E-state index contributed by atoms with van der Waals surface area (Å²) < 4.78 is 18.2. The van der Waals surface area contributed by atoms with Gasteiger partial charge >= 0.3 is 6.09 Å². The van der Waals surface area contributed by atoms with Crippen LogP contribution in [0, 0.1) is 11.3 Å². The lowest BCUT2D eigenvalue weighted by Gasteiger charge is -2.41. The minimum absolute atomic E-state index is 0.111. The molecule has 7 heteroatoms. The third-order valence-corrected chi connectivity index (χ3v) is 6.50. The molecule has 168 valence electrons. The Labute approximate surface area is 184 Å². The van der Waals surface area contributed by atoms with Crippen molar-refractivity contribution < 1.29 is 19.0 Å². The predicted molar refractivity (Wildman–Crippen MR) is 115 cm³/mol. The van der Waals surface area contributed by atoms with Crippen LogP contribution in [0.1, 0.15) is 77.7 Å². The van der Waals surface area contributed by atoms with Crippen LogP contribution in [0.3, 0.4) is 0 Å². The molecule has 2 saturated heterocycles. The Morgan fingerprint density at radius 1 is 1.06 bits per heavy atom. The van der Waals surface area contributed by atoms with Gasteiger partial charge in [0.25, 0.3) is 0 Å². The number of nitrogens with zero attached hydrogens (tertiary/aromatic N) is 3. The van der Waals surface area contributed by atoms with Gasteiger partial charge in [-0.2, -0.15) is 5.26 Å². The fraction of sp³-hybridized carbons (Fsp3) is 0.708. The lowest BCUT2D eigenvalue weighted by molar-refractivity contribution is -0.0813. The number of carbonyl (C=O) groups is 1. The van der Waals surface area contributed by atoms with E-state index in [0.717, 1.165) is 51.4 Å². The second-order valence-electron chi connectivity index (χ2n) is 10.0. The number of aromatic nitrogens is 1. The molecule has 1 aliphatic carbocycles. The molecule has 2 atom stereocenters. The van der Waals surface area contributed by atoms with Crippen molar-refractivity contribution in [2.45, 2.75) is 108 Å². The van der Waals surface area contributed by atoms with Gasteiger partial charge in [-0.05, 0) is 78.2 Å². The number of amides is 1. The quantitative estimate of drug-likeness (QED) is 0.699. The van der Waals surface area contributed by atoms with Gasteiger partial charge in [0.15, 0.2) is 0 Å². The van der Waals surface area contributed by atoms with Gasteiger partial charge < -0.3 is 19.1 Å². The molecule has 3 fully saturated rings. The third-order valence-electron chi connectivity index (χ3n) is 6.50. The molecule has 1 saturated carbocycles. The third kappa shape index (κ3) is 5.30. The van der Waals surface area contributed by atoms with Gasteiger partial charge in [-0.3, -0.25) is 4.98 Å². The highest BCUT2D eigenvalue weighted by molar-refractivity contribution is 5.69. The van der Waals surface area contributed by atoms with Crippen molar-refractivity contribution in [2.75, 3.05) is 0 Å². The smallest absolute Gasteiger partial charge is 0.410 e. The maximum Gasteiger partial charge on any atom is 0.410 e. The summed E-state index contributed by atoms with van der Waals surface area (Å²) >= 11 is 0. The summed E-state index contributed by atoms with van der Waals surface area (Å²) in [5.74, 6) is 0.618. The van der Waals surface area contributed by atoms with E-state index in [1.165, 1.54) is 0 Å². The van der Waals surface area contributed by atoms with Crippen LogP contribution in [0.5, 0.6) is 5.75 Å². The van der Waals surface area contributed by atoms with Crippen molar-refractivity contribution in [3.8, 4) is 11.8 Å². The maximum atomic E-state index is 12.6. The van der Waals surface area contributed by atoms with E-state index in [1.54, 1.807) is 18.5 Å². The molecule has 0 radical (unpaired) electrons. The standard InChI is InChI=1S/C24H33N3O4/c1-24(2,3)31-23(28)27-17-4-5-18(27)13-21(12-17)29-19-6-8-20(9-7-19)30-22-10-11-26-15-16(22)14-25/h10-11,15,17-21H,4-9,12-13H2,1-3H3/t17-,18-,19?,20?/m1/s1. The number of piperidine rings is 1. The molecule has 7 nitrogen and oxygen atoms in total. The second kappa shape index (κ2) is 9.04. The Morgan fingerprint density at radius 2 is 1.71 bits per heavy atom. The highest BCUT2D eigenvalue weighted by Crippen LogP contribution is 2.39. The molecule has 1 amide bonds. The van der Waals surface area contributed by atoms with Gasteiger partial charge in [0, 0.05) is 24.5 Å². The number of fused-ring (bicyclic) bond motifs is 2. The summed E-state index contributed by atoms with van der Waals surface area (Å²) in [5.41, 5.74) is 0.0163. The monoisotopic (exact) mass is 427 g/mol. The van der Waals surface area contributed by atoms with E-state index >= 15 is 0 Å². The zero-order valence-electron chi connectivity index (χ0n) is 18.8. The molecule has 0 spiro atoms. The normalized spacial score (nSPS) is 30.5. The Hall–Kier alpha value is -2.33. The molecule has 0 N–H and O–H groups in total. The average Bonchev–Trinajstić information content (AvgIpc) is 3.00. The molecule has 2 aliphatic heterocycles. The summed E-state index contributed by atoms with van der Waals surface area (Å²) in [6.07, 6.45) is 11.2. The second-order valence-corrected chi connectivity index (χ2v) is 10.0. The maximum absolute atomic E-state index is 12.6. The Kier molecular flexibility index (Phi) is 6.38. The summed E-state index contributed by atoms with van der Waals surface area (Å²) in [6.45, 7) is 5.75. The van der Waals surface area contributed by atoms with Crippen molar-refractivity contribution in [1.29, 1.82) is 5.26 Å². The van der Waals surface area contributed by atoms with Crippen LogP contribution < -0.4 is 4.74 Å². The summed E-state index contributed by atoms with van der Waals surface area (Å²) in [4.78, 5) is 18.6. The van der Waals surface area contributed by atoms with Crippen molar-refractivity contribution in [1.82, 2.24) is 9.88 Å². The number of nitriles is 1. The molecule has 1 aromatic heterocycles. The van der Waals surface area contributed by atoms with E-state index in [4.69, 9.17) is 14.2 Å². The Balaban J connectivity index is 1.25. The lowest BCUT2D eigenvalue weighted by Crippen LogP contribution is -2.50. The topological polar surface area (TPSA) is 84.7 Å².